The summed E-state index contributed by atoms with van der Waals surface area (Å²) in [6, 6.07) is 5.80. The minimum atomic E-state index is 0.563. The molecule has 0 aromatic heterocycles. The summed E-state index contributed by atoms with van der Waals surface area (Å²) < 4.78 is 0. The molecular formula is C13H14BNO. The zero-order valence-electron chi connectivity index (χ0n) is 9.58. The fourth-order valence-corrected chi connectivity index (χ4v) is 1.61. The van der Waals surface area contributed by atoms with Crippen LogP contribution < -0.4 is 5.32 Å². The molecule has 1 aromatic rings. The summed E-state index contributed by atoms with van der Waals surface area (Å²) in [5, 5.41) is 2.56. The molecule has 0 saturated carbocycles. The Morgan fingerprint density at radius 1 is 1.50 bits per heavy atom. The van der Waals surface area contributed by atoms with Crippen LogP contribution in [0.5, 0.6) is 0 Å². The third-order valence-electron chi connectivity index (χ3n) is 2.43. The van der Waals surface area contributed by atoms with Gasteiger partial charge in [-0.1, -0.05) is 36.3 Å². The van der Waals surface area contributed by atoms with Crippen molar-refractivity contribution in [2.45, 2.75) is 13.8 Å². The van der Waals surface area contributed by atoms with E-state index in [1.165, 1.54) is 0 Å². The van der Waals surface area contributed by atoms with Gasteiger partial charge in [0.2, 0.25) is 6.41 Å². The molecule has 0 bridgehead atoms. The summed E-state index contributed by atoms with van der Waals surface area (Å²) in [6.45, 7) is 7.66. The van der Waals surface area contributed by atoms with Crippen LogP contribution >= 0.6 is 0 Å². The molecule has 1 N–H and O–H groups in total. The number of rotatable bonds is 4. The van der Waals surface area contributed by atoms with Gasteiger partial charge in [-0.25, -0.2) is 0 Å². The standard InChI is InChI=1S/C13H14BNO/c1-4-12(14)11-7-5-6-9(2)13(11)10(3)15-8-16/h4-8H,3H2,1-2H3,(H,15,16)/b12-4+. The van der Waals surface area contributed by atoms with Crippen LogP contribution in [0.1, 0.15) is 23.6 Å². The smallest absolute Gasteiger partial charge is 0.211 e. The number of carbonyl (C=O) groups excluding carboxylic acids is 1. The molecule has 0 unspecified atom stereocenters. The normalized spacial score (nSPS) is 11.0. The predicted molar refractivity (Wildman–Crippen MR) is 68.8 cm³/mol. The van der Waals surface area contributed by atoms with Crippen LogP contribution in [0.3, 0.4) is 0 Å². The van der Waals surface area contributed by atoms with Crippen molar-refractivity contribution in [3.63, 3.8) is 0 Å². The Labute approximate surface area is 97.5 Å². The van der Waals surface area contributed by atoms with E-state index < -0.39 is 0 Å². The molecule has 0 fully saturated rings. The van der Waals surface area contributed by atoms with Gasteiger partial charge in [0.1, 0.15) is 7.85 Å². The highest BCUT2D eigenvalue weighted by atomic mass is 16.1. The maximum atomic E-state index is 10.4. The molecule has 0 aliphatic heterocycles. The molecular weight excluding hydrogens is 197 g/mol. The zero-order valence-corrected chi connectivity index (χ0v) is 9.58. The first-order chi connectivity index (χ1) is 7.61. The van der Waals surface area contributed by atoms with Crippen molar-refractivity contribution in [2.24, 2.45) is 0 Å². The second kappa shape index (κ2) is 5.35. The largest absolute Gasteiger partial charge is 0.329 e. The first kappa shape index (κ1) is 12.3. The summed E-state index contributed by atoms with van der Waals surface area (Å²) in [6.07, 6.45) is 2.44. The van der Waals surface area contributed by atoms with E-state index in [-0.39, 0.29) is 0 Å². The summed E-state index contributed by atoms with van der Waals surface area (Å²) in [7, 11) is 5.90. The summed E-state index contributed by atoms with van der Waals surface area (Å²) in [5.41, 5.74) is 4.04. The van der Waals surface area contributed by atoms with E-state index in [0.29, 0.717) is 17.6 Å². The van der Waals surface area contributed by atoms with Crippen molar-refractivity contribution in [3.8, 4) is 0 Å². The predicted octanol–water partition coefficient (Wildman–Crippen LogP) is 2.24. The first-order valence-electron chi connectivity index (χ1n) is 5.03. The Balaban J connectivity index is 3.34. The van der Waals surface area contributed by atoms with Crippen molar-refractivity contribution in [3.05, 3.63) is 47.5 Å². The number of allylic oxidation sites excluding steroid dienone is 1. The van der Waals surface area contributed by atoms with E-state index in [9.17, 15) is 4.79 Å². The van der Waals surface area contributed by atoms with Crippen LogP contribution in [-0.2, 0) is 4.79 Å². The zero-order chi connectivity index (χ0) is 12.1. The minimum absolute atomic E-state index is 0.563. The summed E-state index contributed by atoms with van der Waals surface area (Å²) in [5.74, 6) is 0. The third kappa shape index (κ3) is 2.43. The van der Waals surface area contributed by atoms with E-state index in [1.807, 2.05) is 38.1 Å². The van der Waals surface area contributed by atoms with E-state index >= 15 is 0 Å². The molecule has 0 aliphatic carbocycles. The maximum Gasteiger partial charge on any atom is 0.211 e. The number of amides is 1. The van der Waals surface area contributed by atoms with Crippen molar-refractivity contribution >= 4 is 25.4 Å². The summed E-state index contributed by atoms with van der Waals surface area (Å²) in [4.78, 5) is 10.4. The SMILES string of the molecule is [B]/C(=C/C)c1cccc(C)c1C(=C)NC=O. The van der Waals surface area contributed by atoms with Gasteiger partial charge >= 0.3 is 0 Å². The first-order valence-corrected chi connectivity index (χ1v) is 5.03. The lowest BCUT2D eigenvalue weighted by molar-refractivity contribution is -0.108. The van der Waals surface area contributed by atoms with Crippen LogP contribution in [0.15, 0.2) is 30.9 Å². The number of aryl methyl sites for hydroxylation is 1. The average molecular weight is 211 g/mol. The maximum absolute atomic E-state index is 10.4. The van der Waals surface area contributed by atoms with Gasteiger partial charge in [-0.05, 0) is 25.0 Å². The number of nitrogens with one attached hydrogen (secondary N) is 1. The molecule has 0 saturated heterocycles. The quantitative estimate of drug-likeness (QED) is 0.600. The minimum Gasteiger partial charge on any atom is -0.329 e. The van der Waals surface area contributed by atoms with E-state index in [4.69, 9.17) is 7.85 Å². The molecule has 0 heterocycles. The van der Waals surface area contributed by atoms with Gasteiger partial charge in [0, 0.05) is 11.3 Å². The van der Waals surface area contributed by atoms with Crippen LogP contribution in [-0.4, -0.2) is 14.3 Å². The highest BCUT2D eigenvalue weighted by Crippen LogP contribution is 2.24. The van der Waals surface area contributed by atoms with Crippen molar-refractivity contribution in [1.82, 2.24) is 5.32 Å². The number of carbonyl (C=O) groups is 1. The van der Waals surface area contributed by atoms with Gasteiger partial charge < -0.3 is 5.32 Å². The monoisotopic (exact) mass is 211 g/mol. The Hall–Kier alpha value is -1.77. The third-order valence-corrected chi connectivity index (χ3v) is 2.43. The fourth-order valence-electron chi connectivity index (χ4n) is 1.61. The molecule has 0 aliphatic rings. The molecule has 2 radical (unpaired) electrons. The van der Waals surface area contributed by atoms with Crippen LogP contribution in [0.4, 0.5) is 0 Å². The molecule has 0 spiro atoms. The average Bonchev–Trinajstić information content (AvgIpc) is 2.27. The molecule has 1 aromatic carbocycles. The van der Waals surface area contributed by atoms with Gasteiger partial charge in [-0.3, -0.25) is 4.79 Å². The van der Waals surface area contributed by atoms with Crippen molar-refractivity contribution < 1.29 is 4.79 Å². The van der Waals surface area contributed by atoms with Crippen molar-refractivity contribution in [2.75, 3.05) is 0 Å². The molecule has 80 valence electrons. The summed E-state index contributed by atoms with van der Waals surface area (Å²) >= 11 is 0. The van der Waals surface area contributed by atoms with Gasteiger partial charge in [-0.2, -0.15) is 0 Å². The molecule has 2 nitrogen and oxygen atoms in total. The van der Waals surface area contributed by atoms with Gasteiger partial charge in [-0.15, -0.1) is 0 Å². The topological polar surface area (TPSA) is 29.1 Å². The number of hydrogen-bond acceptors (Lipinski definition) is 1. The molecule has 16 heavy (non-hydrogen) atoms. The fraction of sp³-hybridized carbons (Fsp3) is 0.154. The van der Waals surface area contributed by atoms with E-state index in [1.54, 1.807) is 0 Å². The molecule has 0 atom stereocenters. The molecule has 1 rings (SSSR count). The molecule has 1 amide bonds. The van der Waals surface area contributed by atoms with Crippen molar-refractivity contribution in [1.29, 1.82) is 0 Å². The Kier molecular flexibility index (Phi) is 4.12. The van der Waals surface area contributed by atoms with Crippen LogP contribution in [0, 0.1) is 6.92 Å². The van der Waals surface area contributed by atoms with Gasteiger partial charge in [0.25, 0.3) is 0 Å². The molecule has 3 heteroatoms. The lowest BCUT2D eigenvalue weighted by Gasteiger charge is -2.14. The van der Waals surface area contributed by atoms with Gasteiger partial charge in [0.15, 0.2) is 0 Å². The highest BCUT2D eigenvalue weighted by Gasteiger charge is 2.09. The number of hydrogen-bond donors (Lipinski definition) is 1. The van der Waals surface area contributed by atoms with Gasteiger partial charge in [0.05, 0.1) is 0 Å². The lowest BCUT2D eigenvalue weighted by atomic mass is 9.83. The Bertz CT molecular complexity index is 449. The van der Waals surface area contributed by atoms with Crippen LogP contribution in [0.25, 0.3) is 11.2 Å². The Morgan fingerprint density at radius 3 is 2.75 bits per heavy atom. The highest BCUT2D eigenvalue weighted by molar-refractivity contribution is 6.42. The van der Waals surface area contributed by atoms with Crippen LogP contribution in [0.2, 0.25) is 0 Å². The van der Waals surface area contributed by atoms with E-state index in [0.717, 1.165) is 16.7 Å². The second-order valence-electron chi connectivity index (χ2n) is 3.48. The Morgan fingerprint density at radius 2 is 2.19 bits per heavy atom. The second-order valence-corrected chi connectivity index (χ2v) is 3.48. The number of benzene rings is 1. The lowest BCUT2D eigenvalue weighted by Crippen LogP contribution is -2.10. The van der Waals surface area contributed by atoms with E-state index in [2.05, 4.69) is 11.9 Å².